The van der Waals surface area contributed by atoms with Crippen LogP contribution in [0.1, 0.15) is 22.3 Å². The molecule has 0 saturated carbocycles. The van der Waals surface area contributed by atoms with E-state index in [0.29, 0.717) is 11.3 Å². The van der Waals surface area contributed by atoms with Crippen LogP contribution in [0.5, 0.6) is 5.75 Å². The Bertz CT molecular complexity index is 729. The van der Waals surface area contributed by atoms with E-state index >= 15 is 0 Å². The monoisotopic (exact) mass is 329 g/mol. The highest BCUT2D eigenvalue weighted by Gasteiger charge is 2.17. The van der Waals surface area contributed by atoms with E-state index in [1.807, 2.05) is 23.1 Å². The number of carbonyl (C=O) groups is 2. The van der Waals surface area contributed by atoms with Crippen molar-refractivity contribution in [2.24, 2.45) is 0 Å². The van der Waals surface area contributed by atoms with Gasteiger partial charge in [-0.3, -0.25) is 4.79 Å². The highest BCUT2D eigenvalue weighted by atomic mass is 16.5. The summed E-state index contributed by atoms with van der Waals surface area (Å²) < 4.78 is 5.34. The van der Waals surface area contributed by atoms with Gasteiger partial charge in [0, 0.05) is 13.1 Å². The number of benzene rings is 2. The molecule has 0 saturated heterocycles. The van der Waals surface area contributed by atoms with Crippen molar-refractivity contribution < 1.29 is 24.5 Å². The van der Waals surface area contributed by atoms with E-state index in [9.17, 15) is 14.7 Å². The lowest BCUT2D eigenvalue weighted by Crippen LogP contribution is -2.27. The second-order valence-corrected chi connectivity index (χ2v) is 5.20. The number of carboxylic acids is 2. The van der Waals surface area contributed by atoms with Gasteiger partial charge in [-0.15, -0.1) is 0 Å². The van der Waals surface area contributed by atoms with Crippen LogP contribution in [0.3, 0.4) is 0 Å². The van der Waals surface area contributed by atoms with Crippen LogP contribution in [0.15, 0.2) is 48.5 Å². The molecule has 0 unspecified atom stereocenters. The number of methoxy groups -OCH3 is 1. The van der Waals surface area contributed by atoms with E-state index in [1.54, 1.807) is 31.4 Å². The van der Waals surface area contributed by atoms with Gasteiger partial charge in [-0.05, 0) is 23.8 Å². The minimum atomic E-state index is -1.01. The Hall–Kier alpha value is -3.02. The SMILES string of the molecule is COc1ccccc1N(CCC(=O)O)Cc1ccccc1C(=O)O. The fraction of sp³-hybridized carbons (Fsp3) is 0.222. The second kappa shape index (κ2) is 8.01. The molecule has 6 heteroatoms. The summed E-state index contributed by atoms with van der Waals surface area (Å²) in [6.45, 7) is 0.514. The van der Waals surface area contributed by atoms with Crippen LogP contribution in [0, 0.1) is 0 Å². The summed E-state index contributed by atoms with van der Waals surface area (Å²) in [5.74, 6) is -1.32. The van der Waals surface area contributed by atoms with Crippen LogP contribution in [0.25, 0.3) is 0 Å². The van der Waals surface area contributed by atoms with Gasteiger partial charge >= 0.3 is 11.9 Å². The van der Waals surface area contributed by atoms with Gasteiger partial charge in [0.05, 0.1) is 24.8 Å². The van der Waals surface area contributed by atoms with E-state index in [1.165, 1.54) is 6.07 Å². The Morgan fingerprint density at radius 1 is 1.04 bits per heavy atom. The maximum absolute atomic E-state index is 11.4. The van der Waals surface area contributed by atoms with E-state index in [2.05, 4.69) is 0 Å². The predicted octanol–water partition coefficient (Wildman–Crippen LogP) is 2.87. The molecule has 0 atom stereocenters. The molecule has 0 amide bonds. The van der Waals surface area contributed by atoms with Crippen LogP contribution >= 0.6 is 0 Å². The number of nitrogens with zero attached hydrogens (tertiary/aromatic N) is 1. The van der Waals surface area contributed by atoms with Crippen molar-refractivity contribution in [3.63, 3.8) is 0 Å². The van der Waals surface area contributed by atoms with E-state index in [0.717, 1.165) is 5.69 Å². The molecule has 0 spiro atoms. The molecule has 6 nitrogen and oxygen atoms in total. The van der Waals surface area contributed by atoms with Crippen molar-refractivity contribution in [1.82, 2.24) is 0 Å². The predicted molar refractivity (Wildman–Crippen MR) is 89.7 cm³/mol. The van der Waals surface area contributed by atoms with Crippen LogP contribution in [0.4, 0.5) is 5.69 Å². The lowest BCUT2D eigenvalue weighted by atomic mass is 10.1. The number of ether oxygens (including phenoxy) is 1. The Morgan fingerprint density at radius 2 is 1.71 bits per heavy atom. The first-order valence-electron chi connectivity index (χ1n) is 7.44. The summed E-state index contributed by atoms with van der Waals surface area (Å²) in [7, 11) is 1.54. The van der Waals surface area contributed by atoms with Crippen molar-refractivity contribution in [3.8, 4) is 5.75 Å². The van der Waals surface area contributed by atoms with Gasteiger partial charge in [0.1, 0.15) is 5.75 Å². The summed E-state index contributed by atoms with van der Waals surface area (Å²) in [6.07, 6.45) is -0.0622. The fourth-order valence-electron chi connectivity index (χ4n) is 2.48. The van der Waals surface area contributed by atoms with E-state index < -0.39 is 11.9 Å². The molecule has 0 aliphatic rings. The summed E-state index contributed by atoms with van der Waals surface area (Å²) in [4.78, 5) is 24.2. The summed E-state index contributed by atoms with van der Waals surface area (Å²) >= 11 is 0. The molecular formula is C18H19NO5. The maximum Gasteiger partial charge on any atom is 0.336 e. The Labute approximate surface area is 139 Å². The second-order valence-electron chi connectivity index (χ2n) is 5.20. The zero-order valence-corrected chi connectivity index (χ0v) is 13.3. The summed E-state index contributed by atoms with van der Waals surface area (Å²) in [6, 6.07) is 14.0. The number of aliphatic carboxylic acids is 1. The quantitative estimate of drug-likeness (QED) is 0.774. The zero-order chi connectivity index (χ0) is 17.5. The Balaban J connectivity index is 2.37. The van der Waals surface area contributed by atoms with Crippen molar-refractivity contribution in [3.05, 3.63) is 59.7 Å². The molecule has 0 aromatic heterocycles. The van der Waals surface area contributed by atoms with Crippen molar-refractivity contribution in [2.75, 3.05) is 18.6 Å². The highest BCUT2D eigenvalue weighted by molar-refractivity contribution is 5.89. The average Bonchev–Trinajstić information content (AvgIpc) is 2.58. The van der Waals surface area contributed by atoms with Crippen LogP contribution in [0.2, 0.25) is 0 Å². The molecular weight excluding hydrogens is 310 g/mol. The Kier molecular flexibility index (Phi) is 5.78. The largest absolute Gasteiger partial charge is 0.495 e. The first kappa shape index (κ1) is 17.3. The third kappa shape index (κ3) is 4.25. The normalized spacial score (nSPS) is 10.2. The van der Waals surface area contributed by atoms with Gasteiger partial charge in [0.25, 0.3) is 0 Å². The van der Waals surface area contributed by atoms with Crippen molar-refractivity contribution in [2.45, 2.75) is 13.0 Å². The molecule has 0 heterocycles. The molecule has 0 bridgehead atoms. The van der Waals surface area contributed by atoms with Crippen molar-refractivity contribution in [1.29, 1.82) is 0 Å². The standard InChI is InChI=1S/C18H19NO5/c1-24-16-9-5-4-8-15(16)19(11-10-17(20)21)12-13-6-2-3-7-14(13)18(22)23/h2-9H,10-12H2,1H3,(H,20,21)(H,22,23). The fourth-order valence-corrected chi connectivity index (χ4v) is 2.48. The van der Waals surface area contributed by atoms with Gasteiger partial charge in [0.2, 0.25) is 0 Å². The highest BCUT2D eigenvalue weighted by Crippen LogP contribution is 2.29. The van der Waals surface area contributed by atoms with E-state index in [-0.39, 0.29) is 25.1 Å². The smallest absolute Gasteiger partial charge is 0.336 e. The first-order chi connectivity index (χ1) is 11.5. The van der Waals surface area contributed by atoms with Gasteiger partial charge in [-0.25, -0.2) is 4.79 Å². The molecule has 0 fully saturated rings. The third-order valence-corrected chi connectivity index (χ3v) is 3.63. The molecule has 2 N–H and O–H groups in total. The summed E-state index contributed by atoms with van der Waals surface area (Å²) in [5.41, 5.74) is 1.54. The average molecular weight is 329 g/mol. The minimum absolute atomic E-state index is 0.0622. The number of hydrogen-bond donors (Lipinski definition) is 2. The van der Waals surface area contributed by atoms with Gasteiger partial charge in [-0.1, -0.05) is 30.3 Å². The number of carboxylic acid groups (broad SMARTS) is 2. The van der Waals surface area contributed by atoms with Crippen molar-refractivity contribution >= 4 is 17.6 Å². The zero-order valence-electron chi connectivity index (χ0n) is 13.3. The number of aromatic carboxylic acids is 1. The molecule has 2 aromatic carbocycles. The summed E-state index contributed by atoms with van der Waals surface area (Å²) in [5, 5.41) is 18.3. The molecule has 126 valence electrons. The molecule has 0 radical (unpaired) electrons. The molecule has 0 aliphatic heterocycles. The minimum Gasteiger partial charge on any atom is -0.495 e. The number of para-hydroxylation sites is 2. The number of hydrogen-bond acceptors (Lipinski definition) is 4. The molecule has 24 heavy (non-hydrogen) atoms. The van der Waals surface area contributed by atoms with Gasteiger partial charge in [-0.2, -0.15) is 0 Å². The maximum atomic E-state index is 11.4. The van der Waals surface area contributed by atoms with Crippen LogP contribution in [-0.2, 0) is 11.3 Å². The lowest BCUT2D eigenvalue weighted by molar-refractivity contribution is -0.136. The number of anilines is 1. The van der Waals surface area contributed by atoms with Gasteiger partial charge < -0.3 is 19.8 Å². The van der Waals surface area contributed by atoms with Crippen LogP contribution in [-0.4, -0.2) is 35.8 Å². The molecule has 2 rings (SSSR count). The molecule has 0 aliphatic carbocycles. The van der Waals surface area contributed by atoms with Crippen LogP contribution < -0.4 is 9.64 Å². The number of rotatable bonds is 8. The third-order valence-electron chi connectivity index (χ3n) is 3.63. The Morgan fingerprint density at radius 3 is 2.38 bits per heavy atom. The van der Waals surface area contributed by atoms with E-state index in [4.69, 9.17) is 9.84 Å². The van der Waals surface area contributed by atoms with Gasteiger partial charge in [0.15, 0.2) is 0 Å². The molecule has 2 aromatic rings. The topological polar surface area (TPSA) is 87.1 Å². The lowest BCUT2D eigenvalue weighted by Gasteiger charge is -2.26. The first-order valence-corrected chi connectivity index (χ1v) is 7.44.